The number of halogens is 3. The van der Waals surface area contributed by atoms with Crippen LogP contribution < -0.4 is 10.6 Å². The van der Waals surface area contributed by atoms with Crippen molar-refractivity contribution >= 4 is 63.7 Å². The molecular weight excluding hydrogens is 410 g/mol. The molecule has 26 heavy (non-hydrogen) atoms. The first kappa shape index (κ1) is 19.0. The van der Waals surface area contributed by atoms with E-state index in [0.717, 1.165) is 15.5 Å². The molecule has 7 heteroatoms. The van der Waals surface area contributed by atoms with Gasteiger partial charge in [0.25, 0.3) is 0 Å². The first-order valence-corrected chi connectivity index (χ1v) is 9.55. The number of benzene rings is 3. The van der Waals surface area contributed by atoms with Gasteiger partial charge in [-0.05, 0) is 66.8 Å². The fraction of sp³-hybridized carbons (Fsp3) is 0. The molecule has 0 atom stereocenters. The van der Waals surface area contributed by atoms with Crippen LogP contribution >= 0.6 is 47.2 Å². The van der Waals surface area contributed by atoms with Crippen LogP contribution in [-0.2, 0) is 0 Å². The standard InChI is InChI=1S/C19H13Cl2FN2S2/c20-12-5-8-14(9-6-12)26-18-4-2-1-3-17(18)24-19(25)23-13-7-10-16(22)15(21)11-13/h1-11H,(H2,23,24,25). The van der Waals surface area contributed by atoms with Crippen LogP contribution in [0.5, 0.6) is 0 Å². The first-order valence-electron chi connectivity index (χ1n) is 7.57. The largest absolute Gasteiger partial charge is 0.332 e. The van der Waals surface area contributed by atoms with Crippen molar-refractivity contribution in [2.24, 2.45) is 0 Å². The smallest absolute Gasteiger partial charge is 0.175 e. The average molecular weight is 423 g/mol. The summed E-state index contributed by atoms with van der Waals surface area (Å²) in [6, 6.07) is 19.8. The van der Waals surface area contributed by atoms with Crippen molar-refractivity contribution in [3.63, 3.8) is 0 Å². The number of hydrogen-bond acceptors (Lipinski definition) is 2. The third-order valence-electron chi connectivity index (χ3n) is 3.35. The van der Waals surface area contributed by atoms with Gasteiger partial charge in [-0.25, -0.2) is 4.39 Å². The predicted octanol–water partition coefficient (Wildman–Crippen LogP) is 7.09. The zero-order chi connectivity index (χ0) is 18.5. The normalized spacial score (nSPS) is 10.4. The molecule has 0 aliphatic heterocycles. The van der Waals surface area contributed by atoms with Crippen molar-refractivity contribution in [2.45, 2.75) is 9.79 Å². The van der Waals surface area contributed by atoms with Crippen LogP contribution in [-0.4, -0.2) is 5.11 Å². The van der Waals surface area contributed by atoms with E-state index in [0.29, 0.717) is 15.8 Å². The molecule has 0 aliphatic rings. The van der Waals surface area contributed by atoms with Crippen LogP contribution in [0.25, 0.3) is 0 Å². The monoisotopic (exact) mass is 422 g/mol. The summed E-state index contributed by atoms with van der Waals surface area (Å²) in [6.07, 6.45) is 0. The average Bonchev–Trinajstić information content (AvgIpc) is 2.62. The van der Waals surface area contributed by atoms with E-state index in [1.807, 2.05) is 48.5 Å². The van der Waals surface area contributed by atoms with Crippen molar-refractivity contribution in [2.75, 3.05) is 10.6 Å². The van der Waals surface area contributed by atoms with Gasteiger partial charge in [0.1, 0.15) is 5.82 Å². The summed E-state index contributed by atoms with van der Waals surface area (Å²) in [5, 5.41) is 7.28. The molecule has 3 aromatic carbocycles. The maximum atomic E-state index is 13.2. The van der Waals surface area contributed by atoms with Gasteiger partial charge in [-0.15, -0.1) is 0 Å². The Morgan fingerprint density at radius 3 is 2.38 bits per heavy atom. The van der Waals surface area contributed by atoms with E-state index in [4.69, 9.17) is 35.4 Å². The summed E-state index contributed by atoms with van der Waals surface area (Å²) in [7, 11) is 0. The van der Waals surface area contributed by atoms with Crippen molar-refractivity contribution in [3.05, 3.63) is 82.6 Å². The third kappa shape index (κ3) is 5.11. The van der Waals surface area contributed by atoms with E-state index in [1.54, 1.807) is 17.8 Å². The molecule has 0 radical (unpaired) electrons. The Balaban J connectivity index is 1.72. The van der Waals surface area contributed by atoms with E-state index >= 15 is 0 Å². The van der Waals surface area contributed by atoms with Crippen molar-refractivity contribution in [1.82, 2.24) is 0 Å². The molecule has 3 aromatic rings. The van der Waals surface area contributed by atoms with Gasteiger partial charge < -0.3 is 10.6 Å². The minimum absolute atomic E-state index is 0.0384. The zero-order valence-corrected chi connectivity index (χ0v) is 16.4. The summed E-state index contributed by atoms with van der Waals surface area (Å²) in [4.78, 5) is 2.07. The van der Waals surface area contributed by atoms with E-state index < -0.39 is 5.82 Å². The van der Waals surface area contributed by atoms with Crippen molar-refractivity contribution in [3.8, 4) is 0 Å². The van der Waals surface area contributed by atoms with Crippen LogP contribution in [0.4, 0.5) is 15.8 Å². The van der Waals surface area contributed by atoms with Crippen LogP contribution in [0.15, 0.2) is 76.5 Å². The second-order valence-corrected chi connectivity index (χ2v) is 7.63. The lowest BCUT2D eigenvalue weighted by Gasteiger charge is -2.14. The molecule has 0 aliphatic carbocycles. The summed E-state index contributed by atoms with van der Waals surface area (Å²) in [6.45, 7) is 0. The fourth-order valence-electron chi connectivity index (χ4n) is 2.15. The maximum absolute atomic E-state index is 13.2. The number of hydrogen-bond donors (Lipinski definition) is 2. The summed E-state index contributed by atoms with van der Waals surface area (Å²) < 4.78 is 13.2. The summed E-state index contributed by atoms with van der Waals surface area (Å²) in [5.74, 6) is -0.471. The highest BCUT2D eigenvalue weighted by Crippen LogP contribution is 2.34. The number of nitrogens with one attached hydrogen (secondary N) is 2. The van der Waals surface area contributed by atoms with Gasteiger partial charge in [-0.3, -0.25) is 0 Å². The van der Waals surface area contributed by atoms with E-state index in [2.05, 4.69) is 10.6 Å². The predicted molar refractivity (Wildman–Crippen MR) is 113 cm³/mol. The molecule has 0 aromatic heterocycles. The second-order valence-electron chi connectivity index (χ2n) is 5.26. The topological polar surface area (TPSA) is 24.1 Å². The Kier molecular flexibility index (Phi) is 6.38. The lowest BCUT2D eigenvalue weighted by molar-refractivity contribution is 0.628. The van der Waals surface area contributed by atoms with Crippen molar-refractivity contribution < 1.29 is 4.39 Å². The Hall–Kier alpha value is -1.79. The quantitative estimate of drug-likeness (QED) is 0.438. The second kappa shape index (κ2) is 8.73. The fourth-order valence-corrected chi connectivity index (χ4v) is 3.58. The zero-order valence-electron chi connectivity index (χ0n) is 13.3. The van der Waals surface area contributed by atoms with Gasteiger partial charge in [-0.2, -0.15) is 0 Å². The molecular formula is C19H13Cl2FN2S2. The Morgan fingerprint density at radius 1 is 0.923 bits per heavy atom. The highest BCUT2D eigenvalue weighted by Gasteiger charge is 2.07. The molecule has 0 unspecified atom stereocenters. The molecule has 2 nitrogen and oxygen atoms in total. The van der Waals surface area contributed by atoms with E-state index in [-0.39, 0.29) is 5.02 Å². The molecule has 2 N–H and O–H groups in total. The number of para-hydroxylation sites is 1. The molecule has 0 fully saturated rings. The summed E-state index contributed by atoms with van der Waals surface area (Å²) >= 11 is 18.7. The molecule has 0 saturated carbocycles. The van der Waals surface area contributed by atoms with Gasteiger partial charge in [0.05, 0.1) is 10.7 Å². The van der Waals surface area contributed by atoms with E-state index in [9.17, 15) is 4.39 Å². The molecule has 0 amide bonds. The molecule has 0 spiro atoms. The SMILES string of the molecule is Fc1ccc(NC(=S)Nc2ccccc2Sc2ccc(Cl)cc2)cc1Cl. The van der Waals surface area contributed by atoms with Crippen LogP contribution in [0.2, 0.25) is 10.0 Å². The summed E-state index contributed by atoms with van der Waals surface area (Å²) in [5.41, 5.74) is 1.47. The van der Waals surface area contributed by atoms with Gasteiger partial charge in [-0.1, -0.05) is 47.1 Å². The third-order valence-corrected chi connectivity index (χ3v) is 5.18. The Morgan fingerprint density at radius 2 is 1.65 bits per heavy atom. The first-order chi connectivity index (χ1) is 12.5. The van der Waals surface area contributed by atoms with Gasteiger partial charge in [0, 0.05) is 20.5 Å². The molecule has 0 heterocycles. The van der Waals surface area contributed by atoms with E-state index in [1.165, 1.54) is 12.1 Å². The van der Waals surface area contributed by atoms with Crippen molar-refractivity contribution in [1.29, 1.82) is 0 Å². The molecule has 132 valence electrons. The molecule has 0 saturated heterocycles. The number of anilines is 2. The Bertz CT molecular complexity index is 933. The minimum atomic E-state index is -0.471. The minimum Gasteiger partial charge on any atom is -0.332 e. The maximum Gasteiger partial charge on any atom is 0.175 e. The van der Waals surface area contributed by atoms with Crippen LogP contribution in [0.1, 0.15) is 0 Å². The highest BCUT2D eigenvalue weighted by molar-refractivity contribution is 7.99. The highest BCUT2D eigenvalue weighted by atomic mass is 35.5. The lowest BCUT2D eigenvalue weighted by Crippen LogP contribution is -2.19. The number of thiocarbonyl (C=S) groups is 1. The van der Waals surface area contributed by atoms with Crippen LogP contribution in [0.3, 0.4) is 0 Å². The van der Waals surface area contributed by atoms with Gasteiger partial charge in [0.15, 0.2) is 5.11 Å². The number of rotatable bonds is 4. The van der Waals surface area contributed by atoms with Gasteiger partial charge >= 0.3 is 0 Å². The lowest BCUT2D eigenvalue weighted by atomic mass is 10.3. The molecule has 3 rings (SSSR count). The molecule has 0 bridgehead atoms. The van der Waals surface area contributed by atoms with Gasteiger partial charge in [0.2, 0.25) is 0 Å². The van der Waals surface area contributed by atoms with Crippen LogP contribution in [0, 0.1) is 5.82 Å². The Labute approximate surface area is 170 Å².